The Morgan fingerprint density at radius 2 is 1.86 bits per heavy atom. The molecule has 4 N–H and O–H groups in total. The smallest absolute Gasteiger partial charge is 0.266 e. The van der Waals surface area contributed by atoms with Gasteiger partial charge in [0.1, 0.15) is 29.0 Å². The second-order valence-corrected chi connectivity index (χ2v) is 12.7. The highest BCUT2D eigenvalue weighted by Crippen LogP contribution is 2.36. The van der Waals surface area contributed by atoms with Gasteiger partial charge < -0.3 is 35.1 Å². The summed E-state index contributed by atoms with van der Waals surface area (Å²) in [6.45, 7) is 3.32. The molecule has 5 rings (SSSR count). The fourth-order valence-electron chi connectivity index (χ4n) is 5.26. The maximum absolute atomic E-state index is 14.0. The lowest BCUT2D eigenvalue weighted by Gasteiger charge is -2.32. The zero-order valence-corrected chi connectivity index (χ0v) is 25.3. The summed E-state index contributed by atoms with van der Waals surface area (Å²) in [6, 6.07) is 12.3. The number of halogens is 1. The fraction of sp³-hybridized carbons (Fsp3) is 0.448. The van der Waals surface area contributed by atoms with E-state index in [2.05, 4.69) is 10.3 Å². The summed E-state index contributed by atoms with van der Waals surface area (Å²) in [6.07, 6.45) is 1.29. The van der Waals surface area contributed by atoms with E-state index in [1.807, 2.05) is 35.2 Å². The Kier molecular flexibility index (Phi) is 10.1. The number of aromatic nitrogens is 1. The van der Waals surface area contributed by atoms with Crippen molar-refractivity contribution in [1.29, 1.82) is 0 Å². The molecule has 43 heavy (non-hydrogen) atoms. The van der Waals surface area contributed by atoms with Gasteiger partial charge in [-0.05, 0) is 37.1 Å². The molecule has 0 saturated carbocycles. The monoisotopic (exact) mass is 633 g/mol. The Morgan fingerprint density at radius 3 is 2.60 bits per heavy atom. The number of nitrogens with one attached hydrogen (secondary N) is 2. The topological polar surface area (TPSA) is 156 Å². The van der Waals surface area contributed by atoms with Gasteiger partial charge >= 0.3 is 0 Å². The lowest BCUT2D eigenvalue weighted by molar-refractivity contribution is -0.135. The summed E-state index contributed by atoms with van der Waals surface area (Å²) in [5.41, 5.74) is 6.38. The van der Waals surface area contributed by atoms with Crippen LogP contribution in [0.25, 0.3) is 10.9 Å². The van der Waals surface area contributed by atoms with Gasteiger partial charge in [-0.25, -0.2) is 8.42 Å². The predicted octanol–water partition coefficient (Wildman–Crippen LogP) is 2.83. The minimum atomic E-state index is -4.19. The van der Waals surface area contributed by atoms with Gasteiger partial charge in [0.15, 0.2) is 0 Å². The first kappa shape index (κ1) is 31.1. The second-order valence-electron chi connectivity index (χ2n) is 10.4. The molecule has 0 spiro atoms. The molecule has 3 aromatic rings. The molecule has 2 amide bonds. The van der Waals surface area contributed by atoms with Crippen LogP contribution in [0.3, 0.4) is 0 Å². The van der Waals surface area contributed by atoms with Crippen molar-refractivity contribution in [3.05, 3.63) is 53.2 Å². The first-order valence-electron chi connectivity index (χ1n) is 14.3. The molecule has 3 heterocycles. The van der Waals surface area contributed by atoms with Crippen molar-refractivity contribution in [2.24, 2.45) is 5.73 Å². The third-order valence-corrected chi connectivity index (χ3v) is 9.62. The molecule has 2 saturated heterocycles. The number of fused-ring (bicyclic) bond motifs is 1. The van der Waals surface area contributed by atoms with Crippen LogP contribution in [0, 0.1) is 0 Å². The molecule has 2 aromatic carbocycles. The van der Waals surface area contributed by atoms with Crippen molar-refractivity contribution >= 4 is 50.0 Å². The molecule has 2 fully saturated rings. The van der Waals surface area contributed by atoms with Crippen LogP contribution in [0.15, 0.2) is 47.4 Å². The number of para-hydroxylation sites is 1. The molecule has 0 unspecified atom stereocenters. The van der Waals surface area contributed by atoms with Gasteiger partial charge in [0.2, 0.25) is 15.9 Å². The van der Waals surface area contributed by atoms with E-state index in [1.165, 1.54) is 10.4 Å². The highest BCUT2D eigenvalue weighted by atomic mass is 35.5. The molecule has 2 aliphatic heterocycles. The van der Waals surface area contributed by atoms with Crippen molar-refractivity contribution in [2.45, 2.75) is 30.3 Å². The van der Waals surface area contributed by atoms with Crippen LogP contribution in [0.4, 0.5) is 5.69 Å². The molecule has 14 heteroatoms. The molecular weight excluding hydrogens is 598 g/mol. The SMILES string of the molecule is NC(=O)c1[nH]c2c(NCCCCC(=O)N3CCOCC3)cc(Cl)cc2c1S(=O)(=O)N1CCO[C@H](COc2ccccc2)C1. The average Bonchev–Trinajstić information content (AvgIpc) is 3.41. The number of ether oxygens (including phenoxy) is 3. The number of H-pyrrole nitrogens is 1. The van der Waals surface area contributed by atoms with Gasteiger partial charge in [0.05, 0.1) is 31.0 Å². The number of amides is 2. The minimum absolute atomic E-state index is 0.0366. The first-order chi connectivity index (χ1) is 20.7. The molecule has 1 aromatic heterocycles. The Bertz CT molecular complexity index is 1540. The zero-order chi connectivity index (χ0) is 30.4. The van der Waals surface area contributed by atoms with Crippen LogP contribution in [0.1, 0.15) is 29.8 Å². The van der Waals surface area contributed by atoms with Gasteiger partial charge in [-0.15, -0.1) is 0 Å². The fourth-order valence-corrected chi connectivity index (χ4v) is 7.26. The molecule has 0 radical (unpaired) electrons. The summed E-state index contributed by atoms with van der Waals surface area (Å²) in [5, 5.41) is 3.82. The third-order valence-electron chi connectivity index (χ3n) is 7.45. The van der Waals surface area contributed by atoms with E-state index < -0.39 is 22.0 Å². The van der Waals surface area contributed by atoms with E-state index >= 15 is 0 Å². The largest absolute Gasteiger partial charge is 0.491 e. The maximum atomic E-state index is 14.0. The number of nitrogens with zero attached hydrogens (tertiary/aromatic N) is 2. The zero-order valence-electron chi connectivity index (χ0n) is 23.7. The maximum Gasteiger partial charge on any atom is 0.266 e. The number of anilines is 1. The summed E-state index contributed by atoms with van der Waals surface area (Å²) in [5.74, 6) is -0.150. The summed E-state index contributed by atoms with van der Waals surface area (Å²) < 4.78 is 46.2. The van der Waals surface area contributed by atoms with Crippen molar-refractivity contribution in [1.82, 2.24) is 14.2 Å². The van der Waals surface area contributed by atoms with Crippen molar-refractivity contribution in [3.8, 4) is 5.75 Å². The molecule has 0 aliphatic carbocycles. The van der Waals surface area contributed by atoms with Gasteiger partial charge in [0.25, 0.3) is 5.91 Å². The Morgan fingerprint density at radius 1 is 1.09 bits per heavy atom. The van der Waals surface area contributed by atoms with Crippen molar-refractivity contribution in [3.63, 3.8) is 0 Å². The normalized spacial score (nSPS) is 18.1. The van der Waals surface area contributed by atoms with Crippen LogP contribution in [0.2, 0.25) is 5.02 Å². The minimum Gasteiger partial charge on any atom is -0.491 e. The van der Waals surface area contributed by atoms with E-state index in [-0.39, 0.29) is 48.2 Å². The van der Waals surface area contributed by atoms with Crippen LogP contribution < -0.4 is 15.8 Å². The van der Waals surface area contributed by atoms with Crippen LogP contribution in [-0.2, 0) is 24.3 Å². The Hall–Kier alpha value is -3.36. The Balaban J connectivity index is 1.30. The molecular formula is C29H36ClN5O7S. The number of sulfonamides is 1. The molecule has 232 valence electrons. The summed E-state index contributed by atoms with van der Waals surface area (Å²) >= 11 is 6.44. The highest BCUT2D eigenvalue weighted by Gasteiger charge is 2.36. The van der Waals surface area contributed by atoms with Crippen LogP contribution in [0.5, 0.6) is 5.75 Å². The van der Waals surface area contributed by atoms with E-state index in [0.717, 1.165) is 0 Å². The number of hydrogen-bond acceptors (Lipinski definition) is 8. The average molecular weight is 634 g/mol. The van der Waals surface area contributed by atoms with Gasteiger partial charge in [0, 0.05) is 49.6 Å². The number of benzene rings is 2. The van der Waals surface area contributed by atoms with Gasteiger partial charge in [-0.3, -0.25) is 9.59 Å². The lowest BCUT2D eigenvalue weighted by atomic mass is 10.2. The summed E-state index contributed by atoms with van der Waals surface area (Å²) in [7, 11) is -4.19. The van der Waals surface area contributed by atoms with Crippen LogP contribution in [-0.4, -0.2) is 99.7 Å². The molecule has 12 nitrogen and oxygen atoms in total. The van der Waals surface area contributed by atoms with E-state index in [0.29, 0.717) is 74.1 Å². The number of unbranched alkanes of at least 4 members (excludes halogenated alkanes) is 1. The van der Waals surface area contributed by atoms with Gasteiger partial charge in [-0.1, -0.05) is 29.8 Å². The predicted molar refractivity (Wildman–Crippen MR) is 162 cm³/mol. The van der Waals surface area contributed by atoms with E-state index in [1.54, 1.807) is 6.07 Å². The molecule has 2 aliphatic rings. The van der Waals surface area contributed by atoms with Crippen molar-refractivity contribution in [2.75, 3.05) is 64.5 Å². The number of carbonyl (C=O) groups is 2. The number of primary amides is 1. The molecule has 1 atom stereocenters. The van der Waals surface area contributed by atoms with E-state index in [9.17, 15) is 18.0 Å². The number of morpholine rings is 2. The number of aromatic amines is 1. The Labute approximate surface area is 255 Å². The van der Waals surface area contributed by atoms with Gasteiger partial charge in [-0.2, -0.15) is 4.31 Å². The molecule has 0 bridgehead atoms. The van der Waals surface area contributed by atoms with E-state index in [4.69, 9.17) is 31.5 Å². The number of hydrogen-bond donors (Lipinski definition) is 3. The summed E-state index contributed by atoms with van der Waals surface area (Å²) in [4.78, 5) is 29.4. The first-order valence-corrected chi connectivity index (χ1v) is 16.1. The van der Waals surface area contributed by atoms with Crippen molar-refractivity contribution < 1.29 is 32.2 Å². The highest BCUT2D eigenvalue weighted by molar-refractivity contribution is 7.89. The second kappa shape index (κ2) is 14.0. The van der Waals surface area contributed by atoms with Crippen LogP contribution >= 0.6 is 11.6 Å². The quantitative estimate of drug-likeness (QED) is 0.257. The number of carbonyl (C=O) groups excluding carboxylic acids is 2. The third kappa shape index (κ3) is 7.42. The number of nitrogens with two attached hydrogens (primary N) is 1. The lowest BCUT2D eigenvalue weighted by Crippen LogP contribution is -2.47. The standard InChI is InChI=1S/C29H36ClN5O7S/c30-20-16-23-26(24(17-20)32-9-5-4-8-25(36)34-10-13-40-14-11-34)33-27(29(31)37)28(23)43(38,39)35-12-15-41-22(18-35)19-42-21-6-2-1-3-7-21/h1-3,6-7,16-17,22,32-33H,4-5,8-15,18-19H2,(H2,31,37)/t22-/m0/s1. The number of rotatable bonds is 12.